The summed E-state index contributed by atoms with van der Waals surface area (Å²) < 4.78 is 37.1. The fourth-order valence-corrected chi connectivity index (χ4v) is 4.36. The Morgan fingerprint density at radius 2 is 2.00 bits per heavy atom. The zero-order valence-electron chi connectivity index (χ0n) is 19.0. The van der Waals surface area contributed by atoms with Gasteiger partial charge in [0.05, 0.1) is 47.8 Å². The molecule has 5 rings (SSSR count). The van der Waals surface area contributed by atoms with Gasteiger partial charge in [-0.3, -0.25) is 14.3 Å². The van der Waals surface area contributed by atoms with Crippen LogP contribution in [0.1, 0.15) is 11.5 Å². The summed E-state index contributed by atoms with van der Waals surface area (Å²) in [5.41, 5.74) is 1.51. The molecule has 0 atom stereocenters. The molecule has 1 fully saturated rings. The molecule has 9 nitrogen and oxygen atoms in total. The van der Waals surface area contributed by atoms with Gasteiger partial charge in [0, 0.05) is 24.5 Å². The number of amides is 1. The number of hydrogen-bond donors (Lipinski definition) is 1. The molecule has 0 spiro atoms. The second-order valence-corrected chi connectivity index (χ2v) is 8.71. The van der Waals surface area contributed by atoms with Crippen LogP contribution in [0.2, 0.25) is 5.02 Å². The fraction of sp³-hybridized carbons (Fsp3) is 0.333. The van der Waals surface area contributed by atoms with Crippen LogP contribution in [0.5, 0.6) is 5.75 Å². The first-order chi connectivity index (χ1) is 17.4. The van der Waals surface area contributed by atoms with Crippen LogP contribution in [0.15, 0.2) is 41.2 Å². The van der Waals surface area contributed by atoms with Gasteiger partial charge in [-0.25, -0.2) is 13.8 Å². The second kappa shape index (κ2) is 10.2. The van der Waals surface area contributed by atoms with E-state index in [2.05, 4.69) is 15.1 Å². The van der Waals surface area contributed by atoms with Gasteiger partial charge >= 0.3 is 0 Å². The van der Waals surface area contributed by atoms with Crippen LogP contribution < -0.4 is 10.2 Å². The number of H-pyrrole nitrogens is 1. The summed E-state index contributed by atoms with van der Waals surface area (Å²) in [6.45, 7) is 1.27. The number of alkyl halides is 2. The van der Waals surface area contributed by atoms with E-state index in [1.54, 1.807) is 39.9 Å². The van der Waals surface area contributed by atoms with Gasteiger partial charge in [-0.2, -0.15) is 5.10 Å². The number of imidazole rings is 1. The Morgan fingerprint density at radius 1 is 1.22 bits per heavy atom. The summed E-state index contributed by atoms with van der Waals surface area (Å²) in [6, 6.07) is 10.1. The third kappa shape index (κ3) is 5.02. The van der Waals surface area contributed by atoms with Crippen molar-refractivity contribution in [1.82, 2.24) is 24.6 Å². The zero-order chi connectivity index (χ0) is 25.2. The monoisotopic (exact) mass is 517 g/mol. The predicted octanol–water partition coefficient (Wildman–Crippen LogP) is 3.02. The lowest BCUT2D eigenvalue weighted by molar-refractivity contribution is -0.134. The van der Waals surface area contributed by atoms with Crippen molar-refractivity contribution in [2.75, 3.05) is 32.9 Å². The highest BCUT2D eigenvalue weighted by atomic mass is 35.5. The standard InChI is InChI=1S/C24H22ClF2N5O4/c25-15-9-16-17(10-20(15)36-13-21(26)27)29-22(28-16)12-32-19-4-2-1-3-14(19)24(34)18(30-32)11-23(33)31-5-7-35-8-6-31/h1-4,9-10,21H,5-8,11-13H2,(H,28,29). The largest absolute Gasteiger partial charge is 0.486 e. The van der Waals surface area contributed by atoms with Crippen molar-refractivity contribution >= 4 is 39.4 Å². The molecule has 0 bridgehead atoms. The number of rotatable bonds is 7. The first-order valence-electron chi connectivity index (χ1n) is 11.3. The molecule has 3 heterocycles. The van der Waals surface area contributed by atoms with Gasteiger partial charge in [0.1, 0.15) is 23.9 Å². The molecule has 1 N–H and O–H groups in total. The highest BCUT2D eigenvalue weighted by Crippen LogP contribution is 2.29. The maximum absolute atomic E-state index is 13.1. The van der Waals surface area contributed by atoms with E-state index in [9.17, 15) is 18.4 Å². The lowest BCUT2D eigenvalue weighted by Crippen LogP contribution is -2.42. The SMILES string of the molecule is O=C(Cc1nn(Cc2nc3cc(OCC(F)F)c(Cl)cc3[nH]2)c2ccccc2c1=O)N1CCOCC1. The number of halogens is 3. The minimum absolute atomic E-state index is 0.110. The van der Waals surface area contributed by atoms with Crippen molar-refractivity contribution in [3.8, 4) is 5.75 Å². The molecule has 0 aliphatic carbocycles. The highest BCUT2D eigenvalue weighted by Gasteiger charge is 2.21. The van der Waals surface area contributed by atoms with E-state index in [-0.39, 0.29) is 40.8 Å². The maximum Gasteiger partial charge on any atom is 0.272 e. The Morgan fingerprint density at radius 3 is 2.78 bits per heavy atom. The number of nitrogens with zero attached hydrogens (tertiary/aromatic N) is 4. The van der Waals surface area contributed by atoms with Gasteiger partial charge in [-0.15, -0.1) is 0 Å². The van der Waals surface area contributed by atoms with Crippen molar-refractivity contribution in [2.45, 2.75) is 19.4 Å². The predicted molar refractivity (Wildman–Crippen MR) is 129 cm³/mol. The number of carbonyl (C=O) groups is 1. The van der Waals surface area contributed by atoms with E-state index >= 15 is 0 Å². The third-order valence-corrected chi connectivity index (χ3v) is 6.16. The average Bonchev–Trinajstić information content (AvgIpc) is 3.26. The van der Waals surface area contributed by atoms with E-state index in [4.69, 9.17) is 21.1 Å². The van der Waals surface area contributed by atoms with Crippen LogP contribution in [0, 0.1) is 0 Å². The van der Waals surface area contributed by atoms with E-state index in [1.807, 2.05) is 0 Å². The van der Waals surface area contributed by atoms with Gasteiger partial charge in [0.2, 0.25) is 11.3 Å². The lowest BCUT2D eigenvalue weighted by atomic mass is 10.1. The van der Waals surface area contributed by atoms with E-state index in [0.717, 1.165) is 0 Å². The maximum atomic E-state index is 13.1. The van der Waals surface area contributed by atoms with Gasteiger partial charge in [-0.05, 0) is 18.2 Å². The molecule has 1 aliphatic heterocycles. The molecule has 0 unspecified atom stereocenters. The molecule has 4 aromatic rings. The number of carbonyl (C=O) groups excluding carboxylic acids is 1. The van der Waals surface area contributed by atoms with E-state index in [1.165, 1.54) is 6.07 Å². The molecule has 0 saturated carbocycles. The summed E-state index contributed by atoms with van der Waals surface area (Å²) in [6.07, 6.45) is -2.75. The van der Waals surface area contributed by atoms with Crippen molar-refractivity contribution in [1.29, 1.82) is 0 Å². The Labute approximate surface area is 208 Å². The first-order valence-corrected chi connectivity index (χ1v) is 11.7. The summed E-state index contributed by atoms with van der Waals surface area (Å²) >= 11 is 6.17. The molecule has 12 heteroatoms. The topological polar surface area (TPSA) is 102 Å². The van der Waals surface area contributed by atoms with Crippen LogP contribution in [-0.2, 0) is 22.5 Å². The average molecular weight is 518 g/mol. The first kappa shape index (κ1) is 24.1. The van der Waals surface area contributed by atoms with Crippen molar-refractivity contribution < 1.29 is 23.0 Å². The molecule has 188 valence electrons. The molecule has 2 aromatic heterocycles. The molecular formula is C24H22ClF2N5O4. The minimum Gasteiger partial charge on any atom is -0.486 e. The summed E-state index contributed by atoms with van der Waals surface area (Å²) in [4.78, 5) is 35.2. The van der Waals surface area contributed by atoms with E-state index < -0.39 is 13.0 Å². The molecule has 1 aliphatic rings. The van der Waals surface area contributed by atoms with Crippen molar-refractivity contribution in [2.24, 2.45) is 0 Å². The van der Waals surface area contributed by atoms with E-state index in [0.29, 0.717) is 54.1 Å². The number of ether oxygens (including phenoxy) is 2. The van der Waals surface area contributed by atoms with Gasteiger partial charge < -0.3 is 19.4 Å². The Balaban J connectivity index is 1.47. The Bertz CT molecular complexity index is 1480. The molecule has 1 saturated heterocycles. The highest BCUT2D eigenvalue weighted by molar-refractivity contribution is 6.32. The van der Waals surface area contributed by atoms with Crippen molar-refractivity contribution in [3.05, 3.63) is 63.2 Å². The van der Waals surface area contributed by atoms with Gasteiger partial charge in [0.15, 0.2) is 0 Å². The molecule has 1 amide bonds. The number of nitrogens with one attached hydrogen (secondary N) is 1. The van der Waals surface area contributed by atoms with Crippen molar-refractivity contribution in [3.63, 3.8) is 0 Å². The van der Waals surface area contributed by atoms with Gasteiger partial charge in [0.25, 0.3) is 6.43 Å². The number of benzene rings is 2. The number of aromatic nitrogens is 4. The number of morpholine rings is 1. The normalized spacial score (nSPS) is 14.2. The third-order valence-electron chi connectivity index (χ3n) is 5.86. The number of hydrogen-bond acceptors (Lipinski definition) is 6. The smallest absolute Gasteiger partial charge is 0.272 e. The number of aromatic amines is 1. The Hall–Kier alpha value is -3.57. The van der Waals surface area contributed by atoms with Crippen LogP contribution in [0.25, 0.3) is 21.9 Å². The molecular weight excluding hydrogens is 496 g/mol. The van der Waals surface area contributed by atoms with Crippen LogP contribution in [0.3, 0.4) is 0 Å². The summed E-state index contributed by atoms with van der Waals surface area (Å²) in [7, 11) is 0. The van der Waals surface area contributed by atoms with Gasteiger partial charge in [-0.1, -0.05) is 23.7 Å². The quantitative estimate of drug-likeness (QED) is 0.404. The second-order valence-electron chi connectivity index (χ2n) is 8.31. The lowest BCUT2D eigenvalue weighted by Gasteiger charge is -2.26. The summed E-state index contributed by atoms with van der Waals surface area (Å²) in [5, 5.41) is 5.13. The van der Waals surface area contributed by atoms with Crippen LogP contribution in [-0.4, -0.2) is 69.9 Å². The molecule has 36 heavy (non-hydrogen) atoms. The molecule has 2 aromatic carbocycles. The van der Waals surface area contributed by atoms with Crippen LogP contribution in [0.4, 0.5) is 8.78 Å². The number of fused-ring (bicyclic) bond motifs is 2. The minimum atomic E-state index is -2.63. The fourth-order valence-electron chi connectivity index (χ4n) is 4.14. The summed E-state index contributed by atoms with van der Waals surface area (Å²) in [5.74, 6) is 0.427. The zero-order valence-corrected chi connectivity index (χ0v) is 19.8. The molecule has 0 radical (unpaired) electrons. The number of para-hydroxylation sites is 1. The van der Waals surface area contributed by atoms with Crippen LogP contribution >= 0.6 is 11.6 Å². The Kier molecular flexibility index (Phi) is 6.84.